The minimum Gasteiger partial charge on any atom is -0.423 e. The van der Waals surface area contributed by atoms with Crippen LogP contribution >= 0.6 is 0 Å². The van der Waals surface area contributed by atoms with Gasteiger partial charge in [0.2, 0.25) is 0 Å². The molecule has 0 amide bonds. The van der Waals surface area contributed by atoms with E-state index in [2.05, 4.69) is 24.3 Å². The Morgan fingerprint density at radius 3 is 1.45 bits per heavy atom. The zero-order valence-corrected chi connectivity index (χ0v) is 16.9. The van der Waals surface area contributed by atoms with Gasteiger partial charge in [0, 0.05) is 0 Å². The number of carbonyl (C=O) groups excluding carboxylic acids is 2. The van der Waals surface area contributed by atoms with Crippen molar-refractivity contribution in [2.45, 2.75) is 6.92 Å². The van der Waals surface area contributed by atoms with E-state index in [4.69, 9.17) is 9.47 Å². The Labute approximate surface area is 180 Å². The van der Waals surface area contributed by atoms with Gasteiger partial charge in [-0.05, 0) is 66.6 Å². The molecule has 0 bridgehead atoms. The second-order valence-corrected chi connectivity index (χ2v) is 7.06. The molecule has 0 radical (unpaired) electrons. The van der Waals surface area contributed by atoms with Crippen LogP contribution in [0, 0.1) is 6.92 Å². The highest BCUT2D eigenvalue weighted by Gasteiger charge is 2.11. The van der Waals surface area contributed by atoms with Crippen LogP contribution in [0.4, 0.5) is 0 Å². The Morgan fingerprint density at radius 1 is 0.516 bits per heavy atom. The van der Waals surface area contributed by atoms with Crippen LogP contribution in [-0.4, -0.2) is 11.9 Å². The molecule has 0 aliphatic heterocycles. The van der Waals surface area contributed by atoms with Crippen LogP contribution in [0.15, 0.2) is 103 Å². The van der Waals surface area contributed by atoms with Crippen LogP contribution in [0.5, 0.6) is 11.5 Å². The molecule has 4 rings (SSSR count). The molecule has 4 heteroatoms. The third-order valence-electron chi connectivity index (χ3n) is 4.76. The number of benzene rings is 4. The normalized spacial score (nSPS) is 10.4. The summed E-state index contributed by atoms with van der Waals surface area (Å²) in [5, 5.41) is 0. The number of aryl methyl sites for hydroxylation is 1. The minimum atomic E-state index is -0.482. The van der Waals surface area contributed by atoms with Gasteiger partial charge in [0.15, 0.2) is 0 Å². The lowest BCUT2D eigenvalue weighted by atomic mass is 10.0. The Balaban J connectivity index is 1.38. The second kappa shape index (κ2) is 9.09. The quantitative estimate of drug-likeness (QED) is 0.296. The Hall–Kier alpha value is -4.18. The lowest BCUT2D eigenvalue weighted by Gasteiger charge is -2.08. The molecule has 0 aliphatic carbocycles. The summed E-state index contributed by atoms with van der Waals surface area (Å²) in [6.07, 6.45) is 0. The number of esters is 2. The summed E-state index contributed by atoms with van der Waals surface area (Å²) in [6.45, 7) is 2.05. The fraction of sp³-hybridized carbons (Fsp3) is 0.0370. The number of carbonyl (C=O) groups is 2. The molecule has 0 N–H and O–H groups in total. The summed E-state index contributed by atoms with van der Waals surface area (Å²) in [5.74, 6) is -0.123. The first-order valence-corrected chi connectivity index (χ1v) is 9.85. The molecule has 31 heavy (non-hydrogen) atoms. The van der Waals surface area contributed by atoms with E-state index in [0.717, 1.165) is 11.1 Å². The fourth-order valence-corrected chi connectivity index (χ4v) is 3.03. The molecule has 0 saturated heterocycles. The highest BCUT2D eigenvalue weighted by Crippen LogP contribution is 2.23. The van der Waals surface area contributed by atoms with Gasteiger partial charge in [0.1, 0.15) is 11.5 Å². The van der Waals surface area contributed by atoms with E-state index in [1.807, 2.05) is 25.1 Å². The maximum absolute atomic E-state index is 12.4. The molecule has 4 nitrogen and oxygen atoms in total. The molecule has 0 aliphatic rings. The average molecular weight is 408 g/mol. The summed E-state index contributed by atoms with van der Waals surface area (Å²) in [6, 6.07) is 30.6. The van der Waals surface area contributed by atoms with Gasteiger partial charge in [-0.2, -0.15) is 0 Å². The zero-order valence-electron chi connectivity index (χ0n) is 16.9. The van der Waals surface area contributed by atoms with Crippen molar-refractivity contribution in [3.63, 3.8) is 0 Å². The van der Waals surface area contributed by atoms with E-state index in [9.17, 15) is 9.59 Å². The van der Waals surface area contributed by atoms with E-state index >= 15 is 0 Å². The third-order valence-corrected chi connectivity index (χ3v) is 4.76. The van der Waals surface area contributed by atoms with Crippen LogP contribution in [0.25, 0.3) is 11.1 Å². The molecule has 4 aromatic carbocycles. The fourth-order valence-electron chi connectivity index (χ4n) is 3.03. The highest BCUT2D eigenvalue weighted by molar-refractivity contribution is 5.92. The Morgan fingerprint density at radius 2 is 0.935 bits per heavy atom. The number of hydrogen-bond donors (Lipinski definition) is 0. The number of rotatable bonds is 5. The van der Waals surface area contributed by atoms with E-state index in [1.54, 1.807) is 60.7 Å². The Kier molecular flexibility index (Phi) is 5.90. The smallest absolute Gasteiger partial charge is 0.343 e. The maximum Gasteiger partial charge on any atom is 0.343 e. The van der Waals surface area contributed by atoms with E-state index in [-0.39, 0.29) is 0 Å². The molecule has 0 spiro atoms. The third kappa shape index (κ3) is 5.06. The van der Waals surface area contributed by atoms with Crippen molar-refractivity contribution in [2.24, 2.45) is 0 Å². The molecule has 0 fully saturated rings. The van der Waals surface area contributed by atoms with Crippen molar-refractivity contribution in [1.82, 2.24) is 0 Å². The molecule has 0 atom stereocenters. The molecule has 4 aromatic rings. The SMILES string of the molecule is Cc1ccc(-c2ccc(OC(=O)c3ccc(OC(=O)c4ccccc4)cc3)cc2)cc1. The van der Waals surface area contributed by atoms with E-state index < -0.39 is 11.9 Å². The van der Waals surface area contributed by atoms with Crippen molar-refractivity contribution < 1.29 is 19.1 Å². The van der Waals surface area contributed by atoms with Crippen LogP contribution in [0.3, 0.4) is 0 Å². The first-order chi connectivity index (χ1) is 15.1. The summed E-state index contributed by atoms with van der Waals surface area (Å²) < 4.78 is 10.8. The van der Waals surface area contributed by atoms with Gasteiger partial charge in [0.25, 0.3) is 0 Å². The summed E-state index contributed by atoms with van der Waals surface area (Å²) in [5.41, 5.74) is 4.17. The largest absolute Gasteiger partial charge is 0.423 e. The summed E-state index contributed by atoms with van der Waals surface area (Å²) in [4.78, 5) is 24.5. The summed E-state index contributed by atoms with van der Waals surface area (Å²) in [7, 11) is 0. The lowest BCUT2D eigenvalue weighted by molar-refractivity contribution is 0.0730. The average Bonchev–Trinajstić information content (AvgIpc) is 2.81. The van der Waals surface area contributed by atoms with E-state index in [1.165, 1.54) is 5.56 Å². The van der Waals surface area contributed by atoms with Crippen LogP contribution in [0.2, 0.25) is 0 Å². The van der Waals surface area contributed by atoms with Crippen molar-refractivity contribution in [3.05, 3.63) is 120 Å². The minimum absolute atomic E-state index is 0.354. The Bertz CT molecular complexity index is 1180. The topological polar surface area (TPSA) is 52.6 Å². The van der Waals surface area contributed by atoms with Gasteiger partial charge in [0.05, 0.1) is 11.1 Å². The first kappa shape index (κ1) is 20.1. The van der Waals surface area contributed by atoms with Gasteiger partial charge in [-0.25, -0.2) is 9.59 Å². The van der Waals surface area contributed by atoms with Crippen LogP contribution in [0.1, 0.15) is 26.3 Å². The predicted octanol–water partition coefficient (Wildman–Crippen LogP) is 6.10. The highest BCUT2D eigenvalue weighted by atomic mass is 16.5. The predicted molar refractivity (Wildman–Crippen MR) is 119 cm³/mol. The molecular formula is C27H20O4. The monoisotopic (exact) mass is 408 g/mol. The van der Waals surface area contributed by atoms with Crippen LogP contribution < -0.4 is 9.47 Å². The lowest BCUT2D eigenvalue weighted by Crippen LogP contribution is -2.10. The van der Waals surface area contributed by atoms with Crippen molar-refractivity contribution >= 4 is 11.9 Å². The molecule has 0 unspecified atom stereocenters. The number of hydrogen-bond acceptors (Lipinski definition) is 4. The van der Waals surface area contributed by atoms with Crippen molar-refractivity contribution in [2.75, 3.05) is 0 Å². The zero-order chi connectivity index (χ0) is 21.6. The standard InChI is InChI=1S/C27H20O4/c1-19-7-9-20(10-8-19)21-11-15-24(16-12-21)31-27(29)23-13-17-25(18-14-23)30-26(28)22-5-3-2-4-6-22/h2-18H,1H3. The van der Waals surface area contributed by atoms with Crippen LogP contribution in [-0.2, 0) is 0 Å². The summed E-state index contributed by atoms with van der Waals surface area (Å²) >= 11 is 0. The van der Waals surface area contributed by atoms with E-state index in [0.29, 0.717) is 22.6 Å². The molecular weight excluding hydrogens is 388 g/mol. The van der Waals surface area contributed by atoms with Gasteiger partial charge in [-0.15, -0.1) is 0 Å². The van der Waals surface area contributed by atoms with Crippen molar-refractivity contribution in [3.8, 4) is 22.6 Å². The van der Waals surface area contributed by atoms with Gasteiger partial charge < -0.3 is 9.47 Å². The van der Waals surface area contributed by atoms with Gasteiger partial charge in [-0.1, -0.05) is 60.2 Å². The number of ether oxygens (including phenoxy) is 2. The molecule has 152 valence electrons. The van der Waals surface area contributed by atoms with Gasteiger partial charge >= 0.3 is 11.9 Å². The first-order valence-electron chi connectivity index (χ1n) is 9.85. The second-order valence-electron chi connectivity index (χ2n) is 7.06. The van der Waals surface area contributed by atoms with Gasteiger partial charge in [-0.3, -0.25) is 0 Å². The molecule has 0 heterocycles. The maximum atomic E-state index is 12.4. The molecule has 0 saturated carbocycles. The van der Waals surface area contributed by atoms with Crippen molar-refractivity contribution in [1.29, 1.82) is 0 Å². The molecule has 0 aromatic heterocycles.